The maximum atomic E-state index is 13.0. The van der Waals surface area contributed by atoms with Gasteiger partial charge in [-0.1, -0.05) is 12.1 Å². The highest BCUT2D eigenvalue weighted by Crippen LogP contribution is 2.19. The number of para-hydroxylation sites is 2. The van der Waals surface area contributed by atoms with Crippen LogP contribution in [0.1, 0.15) is 16.1 Å². The Labute approximate surface area is 148 Å². The number of ether oxygens (including phenoxy) is 2. The Morgan fingerprint density at radius 1 is 1.27 bits per heavy atom. The topological polar surface area (TPSA) is 114 Å². The Bertz CT molecular complexity index is 927. The number of hydrogen-bond acceptors (Lipinski definition) is 6. The van der Waals surface area contributed by atoms with Gasteiger partial charge in [0.1, 0.15) is 11.4 Å². The van der Waals surface area contributed by atoms with Gasteiger partial charge in [-0.25, -0.2) is 14.2 Å². The molecule has 1 saturated heterocycles. The van der Waals surface area contributed by atoms with E-state index < -0.39 is 22.9 Å². The predicted molar refractivity (Wildman–Crippen MR) is 92.3 cm³/mol. The van der Waals surface area contributed by atoms with Crippen molar-refractivity contribution in [1.82, 2.24) is 14.5 Å². The molecule has 0 saturated carbocycles. The van der Waals surface area contributed by atoms with Gasteiger partial charge >= 0.3 is 11.7 Å². The van der Waals surface area contributed by atoms with Crippen molar-refractivity contribution in [2.75, 3.05) is 33.4 Å². The first-order valence-corrected chi connectivity index (χ1v) is 8.08. The molecule has 138 valence electrons. The van der Waals surface area contributed by atoms with Crippen LogP contribution in [0.15, 0.2) is 33.9 Å². The van der Waals surface area contributed by atoms with Crippen LogP contribution in [-0.2, 0) is 11.3 Å². The average Bonchev–Trinajstić information content (AvgIpc) is 2.65. The third kappa shape index (κ3) is 3.39. The molecular weight excluding hydrogens is 342 g/mol. The highest BCUT2D eigenvalue weighted by molar-refractivity contribution is 5.86. The molecule has 1 fully saturated rings. The Hall–Kier alpha value is -2.91. The zero-order chi connectivity index (χ0) is 18.7. The molecule has 9 nitrogen and oxygen atoms in total. The summed E-state index contributed by atoms with van der Waals surface area (Å²) in [4.78, 5) is 41.2. The second kappa shape index (κ2) is 7.54. The fraction of sp³-hybridized carbons (Fsp3) is 0.353. The van der Waals surface area contributed by atoms with Crippen molar-refractivity contribution in [2.24, 2.45) is 0 Å². The van der Waals surface area contributed by atoms with Gasteiger partial charge in [0, 0.05) is 19.6 Å². The number of carbonyl (C=O) groups is 1. The molecule has 2 N–H and O–H groups in total. The van der Waals surface area contributed by atoms with Crippen LogP contribution in [0.5, 0.6) is 5.75 Å². The van der Waals surface area contributed by atoms with Crippen LogP contribution in [0.2, 0.25) is 0 Å². The molecule has 0 bridgehead atoms. The number of nitrogens with zero attached hydrogens (tertiary/aromatic N) is 2. The lowest BCUT2D eigenvalue weighted by atomic mass is 10.2. The largest absolute Gasteiger partial charge is 0.495 e. The van der Waals surface area contributed by atoms with Gasteiger partial charge in [-0.3, -0.25) is 9.69 Å². The number of nitrogens with one attached hydrogen (secondary N) is 1. The fourth-order valence-electron chi connectivity index (χ4n) is 2.92. The summed E-state index contributed by atoms with van der Waals surface area (Å²) >= 11 is 0. The summed E-state index contributed by atoms with van der Waals surface area (Å²) in [5, 5.41) is 9.42. The van der Waals surface area contributed by atoms with Gasteiger partial charge in [0.05, 0.1) is 31.6 Å². The summed E-state index contributed by atoms with van der Waals surface area (Å²) in [5.74, 6) is -1.02. The molecule has 2 heterocycles. The van der Waals surface area contributed by atoms with Gasteiger partial charge in [0.2, 0.25) is 0 Å². The van der Waals surface area contributed by atoms with Crippen LogP contribution < -0.4 is 16.0 Å². The average molecular weight is 361 g/mol. The van der Waals surface area contributed by atoms with Crippen molar-refractivity contribution in [2.45, 2.75) is 6.54 Å². The quantitative estimate of drug-likeness (QED) is 0.774. The zero-order valence-electron chi connectivity index (χ0n) is 14.2. The minimum atomic E-state index is -1.35. The highest BCUT2D eigenvalue weighted by Gasteiger charge is 2.23. The van der Waals surface area contributed by atoms with Crippen LogP contribution in [-0.4, -0.2) is 58.9 Å². The van der Waals surface area contributed by atoms with Gasteiger partial charge in [0.15, 0.2) is 0 Å². The molecule has 0 atom stereocenters. The molecular formula is C17H19N3O6. The Morgan fingerprint density at radius 2 is 1.96 bits per heavy atom. The Kier molecular flexibility index (Phi) is 5.19. The number of carboxylic acid groups (broad SMARTS) is 1. The number of aromatic amines is 1. The summed E-state index contributed by atoms with van der Waals surface area (Å²) in [7, 11) is 1.43. The number of aromatic nitrogens is 2. The van der Waals surface area contributed by atoms with Crippen LogP contribution >= 0.6 is 0 Å². The van der Waals surface area contributed by atoms with Crippen LogP contribution in [0, 0.1) is 0 Å². The van der Waals surface area contributed by atoms with Gasteiger partial charge < -0.3 is 19.6 Å². The van der Waals surface area contributed by atoms with E-state index in [1.807, 2.05) is 4.90 Å². The number of morpholine rings is 1. The SMILES string of the molecule is COc1ccccc1-n1c(=O)[nH]c(C(=O)O)c(CN2CCOCC2)c1=O. The van der Waals surface area contributed by atoms with E-state index in [9.17, 15) is 19.5 Å². The van der Waals surface area contributed by atoms with Crippen molar-refractivity contribution in [3.63, 3.8) is 0 Å². The lowest BCUT2D eigenvalue weighted by Crippen LogP contribution is -2.43. The molecule has 26 heavy (non-hydrogen) atoms. The molecule has 0 radical (unpaired) electrons. The second-order valence-electron chi connectivity index (χ2n) is 5.79. The van der Waals surface area contributed by atoms with Crippen molar-refractivity contribution in [1.29, 1.82) is 0 Å². The van der Waals surface area contributed by atoms with E-state index in [2.05, 4.69) is 4.98 Å². The summed E-state index contributed by atoms with van der Waals surface area (Å²) in [6.45, 7) is 2.27. The summed E-state index contributed by atoms with van der Waals surface area (Å²) in [6, 6.07) is 6.56. The van der Waals surface area contributed by atoms with Crippen LogP contribution in [0.25, 0.3) is 5.69 Å². The van der Waals surface area contributed by atoms with Crippen molar-refractivity contribution >= 4 is 5.97 Å². The minimum Gasteiger partial charge on any atom is -0.495 e. The van der Waals surface area contributed by atoms with Gasteiger partial charge in [-0.15, -0.1) is 0 Å². The summed E-state index contributed by atoms with van der Waals surface area (Å²) in [6.07, 6.45) is 0. The first kappa shape index (κ1) is 17.9. The van der Waals surface area contributed by atoms with E-state index in [1.54, 1.807) is 24.3 Å². The third-order valence-electron chi connectivity index (χ3n) is 4.22. The second-order valence-corrected chi connectivity index (χ2v) is 5.79. The van der Waals surface area contributed by atoms with E-state index in [1.165, 1.54) is 7.11 Å². The molecule has 0 spiro atoms. The number of methoxy groups -OCH3 is 1. The van der Waals surface area contributed by atoms with Crippen LogP contribution in [0.3, 0.4) is 0 Å². The molecule has 0 aliphatic carbocycles. The van der Waals surface area contributed by atoms with Crippen molar-refractivity contribution in [3.8, 4) is 11.4 Å². The number of benzene rings is 1. The van der Waals surface area contributed by atoms with E-state index in [0.717, 1.165) is 4.57 Å². The molecule has 1 aromatic carbocycles. The van der Waals surface area contributed by atoms with Gasteiger partial charge in [-0.2, -0.15) is 0 Å². The number of carboxylic acids is 1. The Morgan fingerprint density at radius 3 is 2.62 bits per heavy atom. The summed E-state index contributed by atoms with van der Waals surface area (Å²) < 4.78 is 11.4. The fourth-order valence-corrected chi connectivity index (χ4v) is 2.92. The van der Waals surface area contributed by atoms with Crippen molar-refractivity contribution in [3.05, 3.63) is 56.4 Å². The molecule has 0 amide bonds. The number of H-pyrrole nitrogens is 1. The molecule has 3 rings (SSSR count). The standard InChI is InChI=1S/C17H19N3O6/c1-25-13-5-3-2-4-12(13)20-15(21)11(10-19-6-8-26-9-7-19)14(16(22)23)18-17(20)24/h2-5H,6-10H2,1H3,(H,18,24)(H,22,23). The maximum absolute atomic E-state index is 13.0. The van der Waals surface area contributed by atoms with Gasteiger partial charge in [-0.05, 0) is 12.1 Å². The molecule has 1 aliphatic rings. The van der Waals surface area contributed by atoms with E-state index in [0.29, 0.717) is 32.1 Å². The van der Waals surface area contributed by atoms with Crippen molar-refractivity contribution < 1.29 is 19.4 Å². The first-order valence-electron chi connectivity index (χ1n) is 8.08. The molecule has 0 unspecified atom stereocenters. The van der Waals surface area contributed by atoms with E-state index in [-0.39, 0.29) is 17.8 Å². The Balaban J connectivity index is 2.17. The van der Waals surface area contributed by atoms with E-state index >= 15 is 0 Å². The number of rotatable bonds is 5. The molecule has 1 aromatic heterocycles. The lowest BCUT2D eigenvalue weighted by Gasteiger charge is -2.26. The molecule has 2 aromatic rings. The smallest absolute Gasteiger partial charge is 0.352 e. The monoisotopic (exact) mass is 361 g/mol. The normalized spacial score (nSPS) is 15.0. The molecule has 9 heteroatoms. The van der Waals surface area contributed by atoms with Crippen LogP contribution in [0.4, 0.5) is 0 Å². The molecule has 1 aliphatic heterocycles. The predicted octanol–water partition coefficient (Wildman–Crippen LogP) is 0.0648. The first-order chi connectivity index (χ1) is 12.5. The number of aromatic carboxylic acids is 1. The number of hydrogen-bond donors (Lipinski definition) is 2. The highest BCUT2D eigenvalue weighted by atomic mass is 16.5. The summed E-state index contributed by atoms with van der Waals surface area (Å²) in [5.41, 5.74) is -1.63. The van der Waals surface area contributed by atoms with E-state index in [4.69, 9.17) is 9.47 Å². The zero-order valence-corrected chi connectivity index (χ0v) is 14.2. The van der Waals surface area contributed by atoms with Gasteiger partial charge in [0.25, 0.3) is 5.56 Å². The lowest BCUT2D eigenvalue weighted by molar-refractivity contribution is 0.0336. The minimum absolute atomic E-state index is 0.0184. The maximum Gasteiger partial charge on any atom is 0.352 e. The third-order valence-corrected chi connectivity index (χ3v) is 4.22.